The maximum atomic E-state index is 12.6. The van der Waals surface area contributed by atoms with Crippen LogP contribution in [0.1, 0.15) is 108 Å². The van der Waals surface area contributed by atoms with Crippen LogP contribution in [0, 0.1) is 0 Å². The number of phosphoric ester groups is 1. The third-order valence-electron chi connectivity index (χ3n) is 7.12. The fourth-order valence-corrected chi connectivity index (χ4v) is 5.10. The van der Waals surface area contributed by atoms with Crippen LogP contribution < -0.4 is 32.1 Å². The molecule has 1 atom stereocenters. The first-order valence-corrected chi connectivity index (χ1v) is 17.2. The van der Waals surface area contributed by atoms with E-state index in [4.69, 9.17) is 4.74 Å². The molecular weight excluding hydrogens is 577 g/mol. The molecule has 0 spiro atoms. The number of carbonyl (C=O) groups excluding carboxylic acids is 1. The van der Waals surface area contributed by atoms with Gasteiger partial charge in [-0.05, 0) is 61.8 Å². The van der Waals surface area contributed by atoms with Crippen molar-refractivity contribution in [3.05, 3.63) is 77.9 Å². The van der Waals surface area contributed by atoms with Gasteiger partial charge in [-0.25, -0.2) is 0 Å². The molecule has 0 bridgehead atoms. The van der Waals surface area contributed by atoms with Gasteiger partial charge in [0.1, 0.15) is 12.4 Å². The number of phosphoric acid groups is 1. The van der Waals surface area contributed by atoms with E-state index >= 15 is 0 Å². The molecule has 2 rings (SSSR count). The normalized spacial score (nSPS) is 11.9. The predicted octanol–water partition coefficient (Wildman–Crippen LogP) is 7.93. The number of carbonyl (C=O) groups is 1. The molecule has 0 saturated carbocycles. The summed E-state index contributed by atoms with van der Waals surface area (Å²) in [6.07, 6.45) is 20.7. The van der Waals surface area contributed by atoms with E-state index in [1.807, 2.05) is 54.6 Å². The van der Waals surface area contributed by atoms with Gasteiger partial charge in [-0.1, -0.05) is 113 Å². The number of benzene rings is 2. The lowest BCUT2D eigenvalue weighted by molar-refractivity contribution is -0.342. The van der Waals surface area contributed by atoms with Crippen molar-refractivity contribution >= 4 is 13.7 Å². The Balaban J connectivity index is 0.00000924. The van der Waals surface area contributed by atoms with Crippen LogP contribution in [-0.2, 0) is 26.9 Å². The Labute approximate surface area is 265 Å². The van der Waals surface area contributed by atoms with Gasteiger partial charge in [-0.2, -0.15) is 0 Å². The third kappa shape index (κ3) is 22.1. The predicted molar refractivity (Wildman–Crippen MR) is 178 cm³/mol. The van der Waals surface area contributed by atoms with Gasteiger partial charge in [0.15, 0.2) is 0 Å². The first-order chi connectivity index (χ1) is 20.4. The summed E-state index contributed by atoms with van der Waals surface area (Å²) in [7, 11) is -5.14. The molecule has 9 nitrogen and oxygen atoms in total. The highest BCUT2D eigenvalue weighted by Crippen LogP contribution is 2.25. The lowest BCUT2D eigenvalue weighted by Crippen LogP contribution is -2.40. The molecule has 0 radical (unpaired) electrons. The van der Waals surface area contributed by atoms with Gasteiger partial charge in [0, 0.05) is 6.42 Å². The number of hydrogen-bond acceptors (Lipinski definition) is 6. The van der Waals surface area contributed by atoms with Crippen LogP contribution in [0.4, 0.5) is 0 Å². The first-order valence-electron chi connectivity index (χ1n) is 15.7. The van der Waals surface area contributed by atoms with Crippen molar-refractivity contribution in [2.45, 2.75) is 116 Å². The standard InChI is InChI=1S/C34H52NO6P.2H3N/c1-2-3-4-5-6-7-8-9-10-11-12-13-14-15-19-22-34(36)35-32(29-41-42(37,38)39)27-30-23-25-33(26-24-30)40-28-31-20-17-16-18-21-31;;/h9-10,16-18,20-21,23-26,32H,2-8,11-15,19,22,27-29H2,1H3,(H,35,36)(H2,37,38,39);2*1H3/b10-9+;;/t32-;;/m0../s1. The lowest BCUT2D eigenvalue weighted by Gasteiger charge is -2.31. The van der Waals surface area contributed by atoms with Crippen molar-refractivity contribution in [3.8, 4) is 5.75 Å². The van der Waals surface area contributed by atoms with Crippen molar-refractivity contribution in [1.29, 1.82) is 0 Å². The fourth-order valence-electron chi connectivity index (χ4n) is 4.74. The number of unbranched alkanes of at least 4 members (excludes halogenated alkanes) is 11. The van der Waals surface area contributed by atoms with Crippen molar-refractivity contribution in [1.82, 2.24) is 17.6 Å². The summed E-state index contributed by atoms with van der Waals surface area (Å²) < 4.78 is 21.4. The molecule has 0 aliphatic rings. The Kier molecular flexibility index (Phi) is 24.3. The molecule has 0 aromatic heterocycles. The summed E-state index contributed by atoms with van der Waals surface area (Å²) >= 11 is 0. The molecule has 1 amide bonds. The molecule has 44 heavy (non-hydrogen) atoms. The fraction of sp³-hybridized carbons (Fsp3) is 0.559. The quantitative estimate of drug-likeness (QED) is 0.0597. The number of allylic oxidation sites excluding steroid dienone is 2. The molecule has 0 aliphatic heterocycles. The topological polar surface area (TPSA) is 184 Å². The van der Waals surface area contributed by atoms with E-state index in [9.17, 15) is 19.1 Å². The van der Waals surface area contributed by atoms with Crippen molar-refractivity contribution in [2.24, 2.45) is 0 Å². The van der Waals surface area contributed by atoms with Gasteiger partial charge >= 0.3 is 0 Å². The molecule has 2 aromatic rings. The Morgan fingerprint density at radius 2 is 1.36 bits per heavy atom. The minimum Gasteiger partial charge on any atom is -0.790 e. The van der Waals surface area contributed by atoms with Crippen LogP contribution in [0.3, 0.4) is 0 Å². The van der Waals surface area contributed by atoms with Crippen LogP contribution in [0.25, 0.3) is 0 Å². The summed E-state index contributed by atoms with van der Waals surface area (Å²) in [4.78, 5) is 34.7. The van der Waals surface area contributed by atoms with Crippen molar-refractivity contribution < 1.29 is 28.4 Å². The zero-order chi connectivity index (χ0) is 30.3. The molecule has 250 valence electrons. The second-order valence-electron chi connectivity index (χ2n) is 11.0. The molecule has 0 fully saturated rings. The van der Waals surface area contributed by atoms with Gasteiger partial charge in [0.05, 0.1) is 20.5 Å². The maximum Gasteiger partial charge on any atom is 0.220 e. The molecular formula is C34H58N3O6P. The Bertz CT molecular complexity index is 1050. The van der Waals surface area contributed by atoms with Gasteiger partial charge < -0.3 is 41.2 Å². The zero-order valence-electron chi connectivity index (χ0n) is 27.3. The Morgan fingerprint density at radius 1 is 0.795 bits per heavy atom. The summed E-state index contributed by atoms with van der Waals surface area (Å²) in [6, 6.07) is 16.6. The van der Waals surface area contributed by atoms with E-state index in [1.54, 1.807) is 0 Å². The largest absolute Gasteiger partial charge is 0.790 e. The van der Waals surface area contributed by atoms with E-state index in [0.717, 1.165) is 43.2 Å². The molecule has 0 heterocycles. The average molecular weight is 636 g/mol. The van der Waals surface area contributed by atoms with E-state index < -0.39 is 20.5 Å². The average Bonchev–Trinajstić information content (AvgIpc) is 2.97. The molecule has 2 aromatic carbocycles. The zero-order valence-corrected chi connectivity index (χ0v) is 28.2. The Hall–Kier alpha value is -2.52. The van der Waals surface area contributed by atoms with Crippen LogP contribution in [0.15, 0.2) is 66.7 Å². The van der Waals surface area contributed by atoms with Crippen molar-refractivity contribution in [2.75, 3.05) is 6.61 Å². The molecule has 0 unspecified atom stereocenters. The maximum absolute atomic E-state index is 12.6. The van der Waals surface area contributed by atoms with Crippen LogP contribution in [-0.4, -0.2) is 18.6 Å². The second kappa shape index (κ2) is 25.8. The first kappa shape index (κ1) is 41.5. The van der Waals surface area contributed by atoms with Gasteiger partial charge in [0.2, 0.25) is 5.91 Å². The molecule has 10 heteroatoms. The van der Waals surface area contributed by atoms with Crippen LogP contribution >= 0.6 is 7.82 Å². The van der Waals surface area contributed by atoms with Gasteiger partial charge in [0.25, 0.3) is 0 Å². The molecule has 0 aliphatic carbocycles. The van der Waals surface area contributed by atoms with Crippen LogP contribution in [0.5, 0.6) is 5.75 Å². The Morgan fingerprint density at radius 3 is 1.95 bits per heavy atom. The summed E-state index contributed by atoms with van der Waals surface area (Å²) in [5, 5.41) is 2.85. The summed E-state index contributed by atoms with van der Waals surface area (Å²) in [5.41, 5.74) is 1.93. The van der Waals surface area contributed by atoms with E-state index in [0.29, 0.717) is 25.2 Å². The highest BCUT2D eigenvalue weighted by molar-refractivity contribution is 7.43. The minimum atomic E-state index is -5.14. The number of hydrogen-bond donors (Lipinski definition) is 3. The highest BCUT2D eigenvalue weighted by Gasteiger charge is 2.14. The smallest absolute Gasteiger partial charge is 0.220 e. The van der Waals surface area contributed by atoms with E-state index in [2.05, 4.69) is 28.9 Å². The lowest BCUT2D eigenvalue weighted by atomic mass is 10.1. The number of amides is 1. The summed E-state index contributed by atoms with van der Waals surface area (Å²) in [5.74, 6) is 0.530. The van der Waals surface area contributed by atoms with E-state index in [1.165, 1.54) is 51.4 Å². The van der Waals surface area contributed by atoms with Crippen molar-refractivity contribution in [3.63, 3.8) is 0 Å². The second-order valence-corrected chi connectivity index (χ2v) is 12.1. The third-order valence-corrected chi connectivity index (χ3v) is 7.58. The minimum absolute atomic E-state index is 0. The highest BCUT2D eigenvalue weighted by atomic mass is 31.2. The monoisotopic (exact) mass is 635 g/mol. The molecule has 9 N–H and O–H groups in total. The van der Waals surface area contributed by atoms with E-state index in [-0.39, 0.29) is 18.2 Å². The number of rotatable bonds is 24. The van der Waals surface area contributed by atoms with Gasteiger partial charge in [-0.15, -0.1) is 0 Å². The molecule has 0 saturated heterocycles. The van der Waals surface area contributed by atoms with Crippen LogP contribution in [0.2, 0.25) is 0 Å². The number of ether oxygens (including phenoxy) is 1. The SMILES string of the molecule is CCCCCCCC/C=C/CCCCCCCC(=O)N[C@H](COP(=O)([O-])[O-])Cc1ccc(OCc2ccccc2)cc1.[NH4+].[NH4+]. The number of quaternary nitrogens is 2. The number of nitrogens with one attached hydrogen (secondary N) is 1. The summed E-state index contributed by atoms with van der Waals surface area (Å²) in [6.45, 7) is 2.30. The van der Waals surface area contributed by atoms with Gasteiger partial charge in [-0.3, -0.25) is 4.79 Å².